The van der Waals surface area contributed by atoms with E-state index in [9.17, 15) is 19.5 Å². The Bertz CT molecular complexity index is 301. The maximum Gasteiger partial charge on any atom is 0.233 e. The minimum Gasteiger partial charge on any atom is -0.548 e. The average molecular weight is 210 g/mol. The van der Waals surface area contributed by atoms with Gasteiger partial charge in [-0.1, -0.05) is 12.8 Å². The van der Waals surface area contributed by atoms with Crippen molar-refractivity contribution in [2.24, 2.45) is 11.8 Å². The highest BCUT2D eigenvalue weighted by atomic mass is 16.4. The van der Waals surface area contributed by atoms with E-state index in [1.54, 1.807) is 0 Å². The van der Waals surface area contributed by atoms with E-state index >= 15 is 0 Å². The number of likely N-dealkylation sites (tertiary alicyclic amines) is 1. The van der Waals surface area contributed by atoms with Crippen molar-refractivity contribution < 1.29 is 19.5 Å². The largest absolute Gasteiger partial charge is 0.548 e. The minimum absolute atomic E-state index is 0.273. The molecule has 2 rings (SSSR count). The number of carbonyl (C=O) groups excluding carboxylic acids is 3. The highest BCUT2D eigenvalue weighted by Gasteiger charge is 2.47. The Kier molecular flexibility index (Phi) is 2.46. The van der Waals surface area contributed by atoms with Crippen molar-refractivity contribution in [1.29, 1.82) is 0 Å². The van der Waals surface area contributed by atoms with Crippen LogP contribution in [0.4, 0.5) is 0 Å². The molecule has 0 unspecified atom stereocenters. The summed E-state index contributed by atoms with van der Waals surface area (Å²) in [4.78, 5) is 34.6. The number of carboxylic acid groups (broad SMARTS) is 1. The fraction of sp³-hybridized carbons (Fsp3) is 0.700. The van der Waals surface area contributed by atoms with E-state index in [4.69, 9.17) is 0 Å². The highest BCUT2D eigenvalue weighted by molar-refractivity contribution is 6.06. The molecule has 1 aliphatic carbocycles. The second-order valence-electron chi connectivity index (χ2n) is 4.13. The molecule has 2 amide bonds. The van der Waals surface area contributed by atoms with Gasteiger partial charge in [-0.25, -0.2) is 0 Å². The standard InChI is InChI=1S/C10H13NO4/c12-8(13)5-11-9(14)6-3-1-2-4-7(6)10(11)15/h6-7H,1-5H2,(H,12,13)/p-1/t6-,7-/m0/s1. The molecule has 0 radical (unpaired) electrons. The van der Waals surface area contributed by atoms with E-state index in [1.165, 1.54) is 0 Å². The third kappa shape index (κ3) is 1.62. The first-order valence-corrected chi connectivity index (χ1v) is 5.16. The Morgan fingerprint density at radius 3 is 2.07 bits per heavy atom. The Labute approximate surface area is 87.1 Å². The molecule has 0 aromatic heterocycles. The fourth-order valence-electron chi connectivity index (χ4n) is 2.52. The van der Waals surface area contributed by atoms with Crippen LogP contribution in [0.3, 0.4) is 0 Å². The second kappa shape index (κ2) is 3.64. The van der Waals surface area contributed by atoms with Gasteiger partial charge in [-0.3, -0.25) is 14.5 Å². The Hall–Kier alpha value is -1.39. The molecule has 2 fully saturated rings. The molecule has 5 heteroatoms. The molecular formula is C10H12NO4-. The summed E-state index contributed by atoms with van der Waals surface area (Å²) >= 11 is 0. The molecule has 5 nitrogen and oxygen atoms in total. The van der Waals surface area contributed by atoms with Crippen LogP contribution in [-0.4, -0.2) is 29.2 Å². The number of aliphatic carboxylic acids is 1. The first-order valence-electron chi connectivity index (χ1n) is 5.16. The molecule has 0 aromatic rings. The van der Waals surface area contributed by atoms with Gasteiger partial charge in [0.15, 0.2) is 0 Å². The Morgan fingerprint density at radius 1 is 1.20 bits per heavy atom. The van der Waals surface area contributed by atoms with Gasteiger partial charge in [0.1, 0.15) is 0 Å². The molecular weight excluding hydrogens is 198 g/mol. The predicted molar refractivity (Wildman–Crippen MR) is 47.2 cm³/mol. The van der Waals surface area contributed by atoms with Gasteiger partial charge in [-0.15, -0.1) is 0 Å². The van der Waals surface area contributed by atoms with Gasteiger partial charge in [0.05, 0.1) is 24.3 Å². The van der Waals surface area contributed by atoms with Crippen molar-refractivity contribution in [2.45, 2.75) is 25.7 Å². The van der Waals surface area contributed by atoms with Gasteiger partial charge >= 0.3 is 0 Å². The van der Waals surface area contributed by atoms with E-state index in [-0.39, 0.29) is 23.7 Å². The van der Waals surface area contributed by atoms with Crippen LogP contribution in [0, 0.1) is 11.8 Å². The van der Waals surface area contributed by atoms with Crippen molar-refractivity contribution in [3.05, 3.63) is 0 Å². The van der Waals surface area contributed by atoms with Gasteiger partial charge in [0.25, 0.3) is 0 Å². The molecule has 1 heterocycles. The summed E-state index contributed by atoms with van der Waals surface area (Å²) in [7, 11) is 0. The van der Waals surface area contributed by atoms with Crippen LogP contribution in [0.5, 0.6) is 0 Å². The van der Waals surface area contributed by atoms with Crippen LogP contribution < -0.4 is 5.11 Å². The van der Waals surface area contributed by atoms with Crippen LogP contribution in [0.1, 0.15) is 25.7 Å². The SMILES string of the molecule is O=C([O-])CN1C(=O)[C@H]2CCCC[C@@H]2C1=O. The maximum atomic E-state index is 11.7. The van der Waals surface area contributed by atoms with Gasteiger partial charge in [-0.2, -0.15) is 0 Å². The smallest absolute Gasteiger partial charge is 0.233 e. The van der Waals surface area contributed by atoms with E-state index in [2.05, 4.69) is 0 Å². The van der Waals surface area contributed by atoms with Crippen LogP contribution in [0.25, 0.3) is 0 Å². The van der Waals surface area contributed by atoms with Crippen molar-refractivity contribution in [1.82, 2.24) is 4.90 Å². The van der Waals surface area contributed by atoms with Crippen LogP contribution in [0.2, 0.25) is 0 Å². The monoisotopic (exact) mass is 210 g/mol. The number of amides is 2. The van der Waals surface area contributed by atoms with Gasteiger partial charge in [0.2, 0.25) is 11.8 Å². The summed E-state index contributed by atoms with van der Waals surface area (Å²) in [6.07, 6.45) is 3.30. The molecule has 0 spiro atoms. The van der Waals surface area contributed by atoms with E-state index in [1.807, 2.05) is 0 Å². The number of rotatable bonds is 2. The van der Waals surface area contributed by atoms with Gasteiger partial charge in [0, 0.05) is 0 Å². The molecule has 82 valence electrons. The summed E-state index contributed by atoms with van der Waals surface area (Å²) in [5.74, 6) is -2.57. The number of hydrogen-bond acceptors (Lipinski definition) is 4. The molecule has 0 N–H and O–H groups in total. The molecule has 1 saturated carbocycles. The van der Waals surface area contributed by atoms with E-state index < -0.39 is 12.5 Å². The summed E-state index contributed by atoms with van der Waals surface area (Å²) in [6.45, 7) is -0.593. The molecule has 1 saturated heterocycles. The number of imide groups is 1. The van der Waals surface area contributed by atoms with E-state index in [0.717, 1.165) is 17.7 Å². The average Bonchev–Trinajstić information content (AvgIpc) is 2.44. The van der Waals surface area contributed by atoms with Crippen molar-refractivity contribution in [2.75, 3.05) is 6.54 Å². The highest BCUT2D eigenvalue weighted by Crippen LogP contribution is 2.37. The first kappa shape index (κ1) is 10.1. The fourth-order valence-corrected chi connectivity index (χ4v) is 2.52. The zero-order valence-electron chi connectivity index (χ0n) is 8.27. The lowest BCUT2D eigenvalue weighted by Crippen LogP contribution is -2.41. The van der Waals surface area contributed by atoms with Gasteiger partial charge in [-0.05, 0) is 12.8 Å². The third-order valence-corrected chi connectivity index (χ3v) is 3.22. The maximum absolute atomic E-state index is 11.7. The Morgan fingerprint density at radius 2 is 1.67 bits per heavy atom. The summed E-state index contributed by atoms with van der Waals surface area (Å²) < 4.78 is 0. The Balaban J connectivity index is 2.17. The van der Waals surface area contributed by atoms with Crippen molar-refractivity contribution in [3.63, 3.8) is 0 Å². The quantitative estimate of drug-likeness (QED) is 0.543. The van der Waals surface area contributed by atoms with Crippen LogP contribution in [0.15, 0.2) is 0 Å². The number of nitrogens with zero attached hydrogens (tertiary/aromatic N) is 1. The van der Waals surface area contributed by atoms with Gasteiger partial charge < -0.3 is 9.90 Å². The van der Waals surface area contributed by atoms with Crippen LogP contribution >= 0.6 is 0 Å². The first-order chi connectivity index (χ1) is 7.11. The lowest BCUT2D eigenvalue weighted by Gasteiger charge is -2.19. The zero-order valence-corrected chi connectivity index (χ0v) is 8.27. The lowest BCUT2D eigenvalue weighted by atomic mass is 9.81. The zero-order chi connectivity index (χ0) is 11.0. The number of fused-ring (bicyclic) bond motifs is 1. The number of carboxylic acids is 1. The van der Waals surface area contributed by atoms with Crippen LogP contribution in [-0.2, 0) is 14.4 Å². The third-order valence-electron chi connectivity index (χ3n) is 3.22. The molecule has 0 bridgehead atoms. The molecule has 2 aliphatic rings. The minimum atomic E-state index is -1.38. The molecule has 0 aromatic carbocycles. The van der Waals surface area contributed by atoms with Crippen molar-refractivity contribution in [3.8, 4) is 0 Å². The van der Waals surface area contributed by atoms with Crippen molar-refractivity contribution >= 4 is 17.8 Å². The topological polar surface area (TPSA) is 77.5 Å². The molecule has 1 aliphatic heterocycles. The number of hydrogen-bond donors (Lipinski definition) is 0. The summed E-state index contributed by atoms with van der Waals surface area (Å²) in [5, 5.41) is 10.4. The van der Waals surface area contributed by atoms with E-state index in [0.29, 0.717) is 12.8 Å². The molecule has 2 atom stereocenters. The molecule has 15 heavy (non-hydrogen) atoms. The lowest BCUT2D eigenvalue weighted by molar-refractivity contribution is -0.305. The number of carbonyl (C=O) groups is 3. The normalized spacial score (nSPS) is 30.5. The summed E-state index contributed by atoms with van der Waals surface area (Å²) in [6, 6.07) is 0. The second-order valence-corrected chi connectivity index (χ2v) is 4.13. The predicted octanol–water partition coefficient (Wildman–Crippen LogP) is -1.09. The summed E-state index contributed by atoms with van der Waals surface area (Å²) in [5.41, 5.74) is 0.